The zero-order valence-electron chi connectivity index (χ0n) is 8.94. The van der Waals surface area contributed by atoms with Crippen LogP contribution in [0.5, 0.6) is 0 Å². The number of hydrogen-bond acceptors (Lipinski definition) is 3. The number of halogens is 2. The lowest BCUT2D eigenvalue weighted by molar-refractivity contribution is 0.593. The van der Waals surface area contributed by atoms with E-state index in [-0.39, 0.29) is 6.42 Å². The summed E-state index contributed by atoms with van der Waals surface area (Å²) in [4.78, 5) is 0. The van der Waals surface area contributed by atoms with Gasteiger partial charge in [0.15, 0.2) is 5.25 Å². The van der Waals surface area contributed by atoms with Gasteiger partial charge in [0.05, 0.1) is 11.8 Å². The van der Waals surface area contributed by atoms with Gasteiger partial charge in [-0.1, -0.05) is 13.0 Å². The van der Waals surface area contributed by atoms with Gasteiger partial charge in [0.25, 0.3) is 0 Å². The molecule has 0 spiro atoms. The molecule has 0 aliphatic heterocycles. The third-order valence-corrected chi connectivity index (χ3v) is 5.09. The summed E-state index contributed by atoms with van der Waals surface area (Å²) in [6.07, 6.45) is 0.244. The van der Waals surface area contributed by atoms with Gasteiger partial charge in [0.2, 0.25) is 10.0 Å². The van der Waals surface area contributed by atoms with E-state index in [4.69, 9.17) is 5.26 Å². The molecule has 1 unspecified atom stereocenters. The molecule has 1 aromatic carbocycles. The molecule has 92 valence electrons. The Labute approximate surface area is 117 Å². The van der Waals surface area contributed by atoms with Gasteiger partial charge < -0.3 is 0 Å². The first-order valence-electron chi connectivity index (χ1n) is 4.77. The summed E-state index contributed by atoms with van der Waals surface area (Å²) in [5.74, 6) is 0. The van der Waals surface area contributed by atoms with Crippen LogP contribution in [0, 0.1) is 11.3 Å². The van der Waals surface area contributed by atoms with E-state index < -0.39 is 15.3 Å². The standard InChI is InChI=1S/C10H10Br2N2O2S/c1-2-7(6-13)17(15,16)14-10-8(11)4-3-5-9(10)12/h3-5,7,14H,2H2,1H3. The summed E-state index contributed by atoms with van der Waals surface area (Å²) in [5.41, 5.74) is 0.404. The minimum absolute atomic E-state index is 0.244. The molecule has 1 rings (SSSR count). The molecule has 17 heavy (non-hydrogen) atoms. The number of hydrogen-bond donors (Lipinski definition) is 1. The lowest BCUT2D eigenvalue weighted by Gasteiger charge is -2.13. The third kappa shape index (κ3) is 3.44. The van der Waals surface area contributed by atoms with Crippen LogP contribution in [-0.4, -0.2) is 13.7 Å². The maximum Gasteiger partial charge on any atom is 0.249 e. The van der Waals surface area contributed by atoms with Crippen LogP contribution in [0.1, 0.15) is 13.3 Å². The smallest absolute Gasteiger partial charge is 0.249 e. The summed E-state index contributed by atoms with van der Waals surface area (Å²) < 4.78 is 27.4. The Bertz CT molecular complexity index is 532. The average Bonchev–Trinajstić information content (AvgIpc) is 2.25. The minimum Gasteiger partial charge on any atom is -0.280 e. The number of sulfonamides is 1. The van der Waals surface area contributed by atoms with Crippen LogP contribution < -0.4 is 4.72 Å². The van der Waals surface area contributed by atoms with Crippen molar-refractivity contribution in [2.45, 2.75) is 18.6 Å². The highest BCUT2D eigenvalue weighted by molar-refractivity contribution is 9.11. The van der Waals surface area contributed by atoms with E-state index in [1.54, 1.807) is 31.2 Å². The molecule has 0 aliphatic carbocycles. The number of benzene rings is 1. The Kier molecular flexibility index (Phi) is 4.98. The molecular formula is C10H10Br2N2O2S. The van der Waals surface area contributed by atoms with Crippen LogP contribution in [0.2, 0.25) is 0 Å². The van der Waals surface area contributed by atoms with Crippen molar-refractivity contribution in [1.82, 2.24) is 0 Å². The van der Waals surface area contributed by atoms with E-state index in [2.05, 4.69) is 36.6 Å². The molecule has 0 heterocycles. The highest BCUT2D eigenvalue weighted by Gasteiger charge is 2.24. The quantitative estimate of drug-likeness (QED) is 0.869. The molecule has 4 nitrogen and oxygen atoms in total. The van der Waals surface area contributed by atoms with Crippen LogP contribution in [0.15, 0.2) is 27.1 Å². The van der Waals surface area contributed by atoms with Crippen LogP contribution in [0.3, 0.4) is 0 Å². The molecule has 0 fully saturated rings. The highest BCUT2D eigenvalue weighted by atomic mass is 79.9. The molecular weight excluding hydrogens is 372 g/mol. The average molecular weight is 382 g/mol. The largest absolute Gasteiger partial charge is 0.280 e. The first kappa shape index (κ1) is 14.5. The van der Waals surface area contributed by atoms with Crippen molar-refractivity contribution in [2.24, 2.45) is 0 Å². The first-order valence-corrected chi connectivity index (χ1v) is 7.91. The Balaban J connectivity index is 3.12. The van der Waals surface area contributed by atoms with Crippen molar-refractivity contribution in [3.05, 3.63) is 27.1 Å². The fourth-order valence-electron chi connectivity index (χ4n) is 1.19. The fourth-order valence-corrected chi connectivity index (χ4v) is 3.87. The summed E-state index contributed by atoms with van der Waals surface area (Å²) in [5, 5.41) is 7.73. The van der Waals surface area contributed by atoms with Crippen molar-refractivity contribution in [2.75, 3.05) is 4.72 Å². The molecule has 0 radical (unpaired) electrons. The van der Waals surface area contributed by atoms with Crippen LogP contribution >= 0.6 is 31.9 Å². The van der Waals surface area contributed by atoms with Gasteiger partial charge in [-0.05, 0) is 50.4 Å². The predicted molar refractivity (Wildman–Crippen MR) is 74.1 cm³/mol. The molecule has 7 heteroatoms. The first-order chi connectivity index (χ1) is 7.92. The number of nitrogens with zero attached hydrogens (tertiary/aromatic N) is 1. The molecule has 1 aromatic rings. The highest BCUT2D eigenvalue weighted by Crippen LogP contribution is 2.31. The molecule has 0 saturated heterocycles. The zero-order chi connectivity index (χ0) is 13.1. The van der Waals surface area contributed by atoms with Crippen LogP contribution in [-0.2, 0) is 10.0 Å². The van der Waals surface area contributed by atoms with E-state index in [0.29, 0.717) is 14.6 Å². The van der Waals surface area contributed by atoms with E-state index in [9.17, 15) is 8.42 Å². The van der Waals surface area contributed by atoms with Crippen molar-refractivity contribution >= 4 is 47.6 Å². The molecule has 0 aliphatic rings. The monoisotopic (exact) mass is 380 g/mol. The number of anilines is 1. The van der Waals surface area contributed by atoms with E-state index in [1.807, 2.05) is 0 Å². The van der Waals surface area contributed by atoms with E-state index in [1.165, 1.54) is 0 Å². The molecule has 0 aromatic heterocycles. The lowest BCUT2D eigenvalue weighted by atomic mass is 10.3. The predicted octanol–water partition coefficient (Wildman–Crippen LogP) is 3.26. The van der Waals surface area contributed by atoms with Gasteiger partial charge in [-0.15, -0.1) is 0 Å². The van der Waals surface area contributed by atoms with E-state index in [0.717, 1.165) is 0 Å². The zero-order valence-corrected chi connectivity index (χ0v) is 12.9. The number of nitrogens with one attached hydrogen (secondary N) is 1. The van der Waals surface area contributed by atoms with Gasteiger partial charge in [0.1, 0.15) is 0 Å². The summed E-state index contributed by atoms with van der Waals surface area (Å²) >= 11 is 6.51. The SMILES string of the molecule is CCC(C#N)S(=O)(=O)Nc1c(Br)cccc1Br. The Morgan fingerprint density at radius 1 is 1.41 bits per heavy atom. The Hall–Kier alpha value is -0.580. The van der Waals surface area contributed by atoms with Gasteiger partial charge in [-0.3, -0.25) is 4.72 Å². The third-order valence-electron chi connectivity index (χ3n) is 2.10. The number of nitriles is 1. The molecule has 0 saturated carbocycles. The Morgan fingerprint density at radius 2 is 1.94 bits per heavy atom. The second-order valence-electron chi connectivity index (χ2n) is 3.27. The second kappa shape index (κ2) is 5.85. The van der Waals surface area contributed by atoms with Gasteiger partial charge in [-0.2, -0.15) is 5.26 Å². The fraction of sp³-hybridized carbons (Fsp3) is 0.300. The molecule has 1 atom stereocenters. The molecule has 0 amide bonds. The lowest BCUT2D eigenvalue weighted by Crippen LogP contribution is -2.26. The van der Waals surface area contributed by atoms with Crippen molar-refractivity contribution in [1.29, 1.82) is 5.26 Å². The number of rotatable bonds is 4. The molecule has 0 bridgehead atoms. The molecule has 1 N–H and O–H groups in total. The van der Waals surface area contributed by atoms with Crippen molar-refractivity contribution in [3.63, 3.8) is 0 Å². The summed E-state index contributed by atoms with van der Waals surface area (Å²) in [6.45, 7) is 1.65. The maximum atomic E-state index is 11.9. The van der Waals surface area contributed by atoms with Gasteiger partial charge in [-0.25, -0.2) is 8.42 Å². The van der Waals surface area contributed by atoms with Crippen LogP contribution in [0.25, 0.3) is 0 Å². The Morgan fingerprint density at radius 3 is 2.35 bits per heavy atom. The van der Waals surface area contributed by atoms with Gasteiger partial charge in [0, 0.05) is 8.95 Å². The summed E-state index contributed by atoms with van der Waals surface area (Å²) in [7, 11) is -3.69. The second-order valence-corrected chi connectivity index (χ2v) is 6.84. The van der Waals surface area contributed by atoms with Gasteiger partial charge >= 0.3 is 0 Å². The normalized spacial score (nSPS) is 12.8. The van der Waals surface area contributed by atoms with Crippen molar-refractivity contribution < 1.29 is 8.42 Å². The topological polar surface area (TPSA) is 70.0 Å². The summed E-state index contributed by atoms with van der Waals surface area (Å²) in [6, 6.07) is 6.98. The maximum absolute atomic E-state index is 11.9. The minimum atomic E-state index is -3.69. The van der Waals surface area contributed by atoms with E-state index >= 15 is 0 Å². The van der Waals surface area contributed by atoms with Crippen molar-refractivity contribution in [3.8, 4) is 6.07 Å². The number of para-hydroxylation sites is 1. The van der Waals surface area contributed by atoms with Crippen LogP contribution in [0.4, 0.5) is 5.69 Å².